The average molecular weight is 549 g/mol. The number of anilines is 1. The van der Waals surface area contributed by atoms with Crippen LogP contribution in [0.1, 0.15) is 5.56 Å². The summed E-state index contributed by atoms with van der Waals surface area (Å²) in [5, 5.41) is 4.31. The number of hydrogen-bond donors (Lipinski definition) is 0. The first-order valence-corrected chi connectivity index (χ1v) is 12.9. The van der Waals surface area contributed by atoms with Crippen molar-refractivity contribution in [3.8, 4) is 22.6 Å². The monoisotopic (exact) mass is 548 g/mol. The second-order valence-electron chi connectivity index (χ2n) is 8.45. The quantitative estimate of drug-likeness (QED) is 0.362. The number of hydrogen-bond acceptors (Lipinski definition) is 8. The van der Waals surface area contributed by atoms with Crippen LogP contribution in [-0.4, -0.2) is 72.7 Å². The predicted octanol–water partition coefficient (Wildman–Crippen LogP) is 3.34. The van der Waals surface area contributed by atoms with Crippen molar-refractivity contribution in [2.45, 2.75) is 11.1 Å². The van der Waals surface area contributed by atoms with Crippen LogP contribution in [0.3, 0.4) is 0 Å². The molecule has 5 rings (SSSR count). The summed E-state index contributed by atoms with van der Waals surface area (Å²) in [6, 6.07) is 9.20. The molecule has 14 heteroatoms. The lowest BCUT2D eigenvalue weighted by molar-refractivity contribution is -0.137. The molecule has 1 fully saturated rings. The van der Waals surface area contributed by atoms with Gasteiger partial charge in [0.05, 0.1) is 24.7 Å². The van der Waals surface area contributed by atoms with E-state index in [1.165, 1.54) is 23.8 Å². The molecular weight excluding hydrogens is 525 g/mol. The molecule has 0 spiro atoms. The number of alkyl halides is 3. The van der Waals surface area contributed by atoms with Crippen molar-refractivity contribution < 1.29 is 31.1 Å². The highest BCUT2D eigenvalue weighted by Crippen LogP contribution is 2.37. The summed E-state index contributed by atoms with van der Waals surface area (Å²) in [7, 11) is -1.06. The number of halogens is 3. The van der Waals surface area contributed by atoms with Crippen LogP contribution < -0.4 is 14.4 Å². The van der Waals surface area contributed by atoms with Crippen molar-refractivity contribution in [1.29, 1.82) is 0 Å². The van der Waals surface area contributed by atoms with Gasteiger partial charge >= 0.3 is 6.18 Å². The van der Waals surface area contributed by atoms with Crippen molar-refractivity contribution in [2.75, 3.05) is 45.3 Å². The summed E-state index contributed by atoms with van der Waals surface area (Å²) in [5.74, 6) is 2.09. The maximum atomic E-state index is 13.2. The number of nitrogens with zero attached hydrogens (tertiary/aromatic N) is 6. The molecule has 1 aliphatic heterocycles. The van der Waals surface area contributed by atoms with Gasteiger partial charge in [0.25, 0.3) is 5.78 Å². The van der Waals surface area contributed by atoms with Crippen molar-refractivity contribution >= 4 is 21.6 Å². The third-order valence-electron chi connectivity index (χ3n) is 6.31. The largest absolute Gasteiger partial charge is 0.493 e. The zero-order valence-electron chi connectivity index (χ0n) is 20.4. The molecule has 0 unspecified atom stereocenters. The molecule has 0 atom stereocenters. The van der Waals surface area contributed by atoms with E-state index in [0.717, 1.165) is 17.7 Å². The van der Waals surface area contributed by atoms with E-state index in [1.54, 1.807) is 30.0 Å². The Labute approximate surface area is 216 Å². The molecule has 2 aromatic carbocycles. The van der Waals surface area contributed by atoms with Crippen LogP contribution in [0.25, 0.3) is 16.9 Å². The van der Waals surface area contributed by atoms with Gasteiger partial charge in [-0.15, -0.1) is 0 Å². The molecule has 2 aromatic heterocycles. The van der Waals surface area contributed by atoms with Crippen LogP contribution in [0.15, 0.2) is 59.9 Å². The normalized spacial score (nSPS) is 15.1. The first-order valence-electron chi connectivity index (χ1n) is 11.5. The number of aromatic nitrogens is 4. The Balaban J connectivity index is 1.46. The molecule has 3 heterocycles. The summed E-state index contributed by atoms with van der Waals surface area (Å²) in [5.41, 5.74) is 0.460. The maximum Gasteiger partial charge on any atom is 0.416 e. The Morgan fingerprint density at radius 2 is 1.66 bits per heavy atom. The SMILES string of the molecule is COc1ccc(-c2cnc3ncnn3c2N2CCN(S(=O)(=O)c3cccc(C(F)(F)F)c3)CC2)cc1OC. The standard InChI is InChI=1S/C24H23F3N6O4S/c1-36-20-7-6-16(12-21(20)37-2)19-14-28-23-29-15-30-33(23)22(19)31-8-10-32(11-9-31)38(34,35)18-5-3-4-17(13-18)24(25,26)27/h3-7,12-15H,8-11H2,1-2H3. The molecule has 0 N–H and O–H groups in total. The highest BCUT2D eigenvalue weighted by Gasteiger charge is 2.34. The Hall–Kier alpha value is -3.91. The van der Waals surface area contributed by atoms with E-state index in [0.29, 0.717) is 34.7 Å². The molecule has 0 bridgehead atoms. The van der Waals surface area contributed by atoms with Crippen molar-refractivity contribution in [1.82, 2.24) is 23.9 Å². The number of fused-ring (bicyclic) bond motifs is 1. The lowest BCUT2D eigenvalue weighted by Crippen LogP contribution is -2.49. The van der Waals surface area contributed by atoms with Crippen LogP contribution in [0.5, 0.6) is 11.5 Å². The molecule has 200 valence electrons. The Morgan fingerprint density at radius 3 is 2.34 bits per heavy atom. The fourth-order valence-electron chi connectivity index (χ4n) is 4.40. The molecule has 1 aliphatic rings. The smallest absolute Gasteiger partial charge is 0.416 e. The molecule has 0 aliphatic carbocycles. The number of piperazine rings is 1. The first-order chi connectivity index (χ1) is 18.1. The van der Waals surface area contributed by atoms with Crippen LogP contribution >= 0.6 is 0 Å². The van der Waals surface area contributed by atoms with Crippen LogP contribution in [0.4, 0.5) is 19.0 Å². The van der Waals surface area contributed by atoms with Crippen molar-refractivity contribution in [3.63, 3.8) is 0 Å². The molecule has 10 nitrogen and oxygen atoms in total. The summed E-state index contributed by atoms with van der Waals surface area (Å²) in [6.07, 6.45) is -1.61. The van der Waals surface area contributed by atoms with Gasteiger partial charge < -0.3 is 14.4 Å². The van der Waals surface area contributed by atoms with Gasteiger partial charge in [-0.2, -0.15) is 32.1 Å². The first kappa shape index (κ1) is 25.7. The highest BCUT2D eigenvalue weighted by atomic mass is 32.2. The molecule has 0 radical (unpaired) electrons. The van der Waals surface area contributed by atoms with Crippen LogP contribution in [-0.2, 0) is 16.2 Å². The van der Waals surface area contributed by atoms with Crippen molar-refractivity contribution in [2.24, 2.45) is 0 Å². The van der Waals surface area contributed by atoms with E-state index >= 15 is 0 Å². The highest BCUT2D eigenvalue weighted by molar-refractivity contribution is 7.89. The lowest BCUT2D eigenvalue weighted by atomic mass is 10.1. The minimum Gasteiger partial charge on any atom is -0.493 e. The van der Waals surface area contributed by atoms with Gasteiger partial charge in [-0.25, -0.2) is 13.4 Å². The number of benzene rings is 2. The fraction of sp³-hybridized carbons (Fsp3) is 0.292. The van der Waals surface area contributed by atoms with Gasteiger partial charge in [0.1, 0.15) is 12.1 Å². The summed E-state index contributed by atoms with van der Waals surface area (Å²) >= 11 is 0. The molecule has 0 saturated carbocycles. The van der Waals surface area contributed by atoms with E-state index in [2.05, 4.69) is 15.1 Å². The maximum absolute atomic E-state index is 13.2. The lowest BCUT2D eigenvalue weighted by Gasteiger charge is -2.36. The zero-order valence-corrected chi connectivity index (χ0v) is 21.2. The third-order valence-corrected chi connectivity index (χ3v) is 8.21. The number of methoxy groups -OCH3 is 2. The zero-order chi connectivity index (χ0) is 27.1. The summed E-state index contributed by atoms with van der Waals surface area (Å²) in [4.78, 5) is 10.1. The molecular formula is C24H23F3N6O4S. The number of rotatable bonds is 6. The molecule has 38 heavy (non-hydrogen) atoms. The molecule has 4 aromatic rings. The van der Waals surface area contributed by atoms with E-state index in [1.807, 2.05) is 11.0 Å². The van der Waals surface area contributed by atoms with Gasteiger partial charge in [-0.3, -0.25) is 0 Å². The predicted molar refractivity (Wildman–Crippen MR) is 132 cm³/mol. The Bertz CT molecular complexity index is 1580. The summed E-state index contributed by atoms with van der Waals surface area (Å²) in [6.45, 7) is 0.639. The minimum absolute atomic E-state index is 0.0580. The van der Waals surface area contributed by atoms with Gasteiger partial charge in [0.15, 0.2) is 11.5 Å². The van der Waals surface area contributed by atoms with E-state index in [-0.39, 0.29) is 26.2 Å². The Kier molecular flexibility index (Phi) is 6.61. The number of sulfonamides is 1. The number of ether oxygens (including phenoxy) is 2. The topological polar surface area (TPSA) is 102 Å². The van der Waals surface area contributed by atoms with E-state index in [4.69, 9.17) is 9.47 Å². The van der Waals surface area contributed by atoms with Crippen molar-refractivity contribution in [3.05, 3.63) is 60.6 Å². The van der Waals surface area contributed by atoms with Gasteiger partial charge in [-0.1, -0.05) is 12.1 Å². The minimum atomic E-state index is -4.64. The van der Waals surface area contributed by atoms with Gasteiger partial charge in [0.2, 0.25) is 10.0 Å². The van der Waals surface area contributed by atoms with Crippen LogP contribution in [0, 0.1) is 0 Å². The van der Waals surface area contributed by atoms with Gasteiger partial charge in [0, 0.05) is 37.9 Å². The van der Waals surface area contributed by atoms with E-state index < -0.39 is 26.7 Å². The second-order valence-corrected chi connectivity index (χ2v) is 10.4. The fourth-order valence-corrected chi connectivity index (χ4v) is 5.87. The second kappa shape index (κ2) is 9.76. The average Bonchev–Trinajstić information content (AvgIpc) is 3.41. The molecule has 1 saturated heterocycles. The van der Waals surface area contributed by atoms with E-state index in [9.17, 15) is 21.6 Å². The molecule has 0 amide bonds. The third kappa shape index (κ3) is 4.60. The van der Waals surface area contributed by atoms with Gasteiger partial charge in [-0.05, 0) is 35.9 Å². The summed E-state index contributed by atoms with van der Waals surface area (Å²) < 4.78 is 79.4. The van der Waals surface area contributed by atoms with Crippen LogP contribution in [0.2, 0.25) is 0 Å². The Morgan fingerprint density at radius 1 is 0.921 bits per heavy atom.